The number of nitrogens with two attached hydrogens (primary N) is 1. The maximum Gasteiger partial charge on any atom is 0.248 e. The Morgan fingerprint density at radius 1 is 1.48 bits per heavy atom. The summed E-state index contributed by atoms with van der Waals surface area (Å²) < 4.78 is 0. The van der Waals surface area contributed by atoms with Crippen LogP contribution in [0.15, 0.2) is 5.38 Å². The van der Waals surface area contributed by atoms with Gasteiger partial charge in [-0.2, -0.15) is 0 Å². The zero-order chi connectivity index (χ0) is 15.3. The maximum absolute atomic E-state index is 12.1. The zero-order valence-electron chi connectivity index (χ0n) is 12.8. The number of anilines is 1. The van der Waals surface area contributed by atoms with Gasteiger partial charge in [0.25, 0.3) is 0 Å². The molecule has 8 heteroatoms. The summed E-state index contributed by atoms with van der Waals surface area (Å²) in [6.07, 6.45) is 0. The molecule has 1 rings (SSSR count). The minimum absolute atomic E-state index is 0. The Morgan fingerprint density at radius 3 is 2.52 bits per heavy atom. The number of amides is 2. The Kier molecular flexibility index (Phi) is 8.46. The minimum atomic E-state index is -0.597. The fourth-order valence-electron chi connectivity index (χ4n) is 1.56. The van der Waals surface area contributed by atoms with Crippen molar-refractivity contribution in [2.24, 2.45) is 11.7 Å². The van der Waals surface area contributed by atoms with Crippen LogP contribution in [-0.2, 0) is 9.59 Å². The van der Waals surface area contributed by atoms with Gasteiger partial charge in [0, 0.05) is 11.9 Å². The number of carbonyl (C=O) groups excluding carboxylic acids is 2. The highest BCUT2D eigenvalue weighted by atomic mass is 35.5. The highest BCUT2D eigenvalue weighted by Gasteiger charge is 2.21. The van der Waals surface area contributed by atoms with E-state index in [-0.39, 0.29) is 36.7 Å². The van der Waals surface area contributed by atoms with Crippen LogP contribution in [-0.4, -0.2) is 35.9 Å². The fraction of sp³-hybridized carbons (Fsp3) is 0.615. The minimum Gasteiger partial charge on any atom is -0.346 e. The van der Waals surface area contributed by atoms with Crippen molar-refractivity contribution in [1.82, 2.24) is 10.3 Å². The number of thiazole rings is 1. The molecule has 0 spiro atoms. The number of aryl methyl sites for hydroxylation is 1. The van der Waals surface area contributed by atoms with Gasteiger partial charge in [-0.25, -0.2) is 4.98 Å². The number of nitrogens with zero attached hydrogens (tertiary/aromatic N) is 2. The number of likely N-dealkylation sites (N-methyl/N-ethyl adjacent to an activating group) is 1. The Morgan fingerprint density at radius 2 is 2.10 bits per heavy atom. The van der Waals surface area contributed by atoms with Crippen LogP contribution in [0.25, 0.3) is 0 Å². The Bertz CT molecular complexity index is 478. The van der Waals surface area contributed by atoms with Crippen LogP contribution in [0.2, 0.25) is 0 Å². The first-order chi connectivity index (χ1) is 9.36. The summed E-state index contributed by atoms with van der Waals surface area (Å²) in [4.78, 5) is 29.7. The number of hydrogen-bond acceptors (Lipinski definition) is 5. The van der Waals surface area contributed by atoms with Gasteiger partial charge in [-0.3, -0.25) is 14.5 Å². The molecule has 3 N–H and O–H groups in total. The van der Waals surface area contributed by atoms with E-state index in [4.69, 9.17) is 5.73 Å². The Balaban J connectivity index is 0.00000400. The van der Waals surface area contributed by atoms with E-state index in [0.717, 1.165) is 5.69 Å². The molecule has 1 aromatic rings. The van der Waals surface area contributed by atoms with Gasteiger partial charge in [-0.05, 0) is 19.8 Å². The largest absolute Gasteiger partial charge is 0.346 e. The van der Waals surface area contributed by atoms with Crippen LogP contribution in [0.5, 0.6) is 0 Å². The van der Waals surface area contributed by atoms with E-state index in [0.29, 0.717) is 11.7 Å². The summed E-state index contributed by atoms with van der Waals surface area (Å²) in [7, 11) is 0. The summed E-state index contributed by atoms with van der Waals surface area (Å²) in [5.74, 6) is -0.458. The number of nitrogens with one attached hydrogen (secondary N) is 1. The van der Waals surface area contributed by atoms with Crippen molar-refractivity contribution >= 4 is 40.7 Å². The van der Waals surface area contributed by atoms with Crippen molar-refractivity contribution in [2.45, 2.75) is 33.7 Å². The van der Waals surface area contributed by atoms with Crippen LogP contribution in [0.1, 0.15) is 26.5 Å². The van der Waals surface area contributed by atoms with E-state index in [1.807, 2.05) is 33.1 Å². The lowest BCUT2D eigenvalue weighted by Gasteiger charge is -2.19. The first-order valence-corrected chi connectivity index (χ1v) is 7.50. The van der Waals surface area contributed by atoms with Gasteiger partial charge in [0.2, 0.25) is 11.8 Å². The number of carbonyl (C=O) groups is 2. The maximum atomic E-state index is 12.1. The van der Waals surface area contributed by atoms with Gasteiger partial charge in [-0.15, -0.1) is 23.7 Å². The van der Waals surface area contributed by atoms with Gasteiger partial charge in [-0.1, -0.05) is 13.8 Å². The third-order valence-electron chi connectivity index (χ3n) is 2.89. The Hall–Kier alpha value is -1.18. The number of halogens is 1. The number of hydrogen-bond donors (Lipinski definition) is 2. The first-order valence-electron chi connectivity index (χ1n) is 6.62. The van der Waals surface area contributed by atoms with Crippen LogP contribution in [0, 0.1) is 12.8 Å². The van der Waals surface area contributed by atoms with Crippen molar-refractivity contribution in [3.05, 3.63) is 11.1 Å². The quantitative estimate of drug-likeness (QED) is 0.821. The van der Waals surface area contributed by atoms with Crippen LogP contribution >= 0.6 is 23.7 Å². The smallest absolute Gasteiger partial charge is 0.248 e. The predicted octanol–water partition coefficient (Wildman–Crippen LogP) is 1.33. The summed E-state index contributed by atoms with van der Waals surface area (Å²) in [6.45, 7) is 7.92. The molecule has 0 fully saturated rings. The normalized spacial score (nSPS) is 11.7. The van der Waals surface area contributed by atoms with E-state index in [2.05, 4.69) is 10.3 Å². The topological polar surface area (TPSA) is 88.3 Å². The van der Waals surface area contributed by atoms with Gasteiger partial charge in [0.1, 0.15) is 0 Å². The molecule has 6 nitrogen and oxygen atoms in total. The van der Waals surface area contributed by atoms with E-state index in [9.17, 15) is 9.59 Å². The second-order valence-electron chi connectivity index (χ2n) is 4.90. The molecule has 1 heterocycles. The highest BCUT2D eigenvalue weighted by molar-refractivity contribution is 7.14. The van der Waals surface area contributed by atoms with E-state index < -0.39 is 6.04 Å². The van der Waals surface area contributed by atoms with Crippen LogP contribution in [0.4, 0.5) is 5.13 Å². The van der Waals surface area contributed by atoms with E-state index in [1.165, 1.54) is 11.3 Å². The molecule has 0 aliphatic carbocycles. The lowest BCUT2D eigenvalue weighted by atomic mass is 10.1. The van der Waals surface area contributed by atoms with E-state index in [1.54, 1.807) is 4.90 Å². The molecule has 0 bridgehead atoms. The lowest BCUT2D eigenvalue weighted by Crippen LogP contribution is -2.48. The molecule has 0 aliphatic heterocycles. The summed E-state index contributed by atoms with van der Waals surface area (Å²) >= 11 is 1.41. The average Bonchev–Trinajstić information content (AvgIpc) is 2.82. The monoisotopic (exact) mass is 334 g/mol. The third kappa shape index (κ3) is 5.61. The van der Waals surface area contributed by atoms with Crippen LogP contribution < -0.4 is 16.0 Å². The molecular weight excluding hydrogens is 312 g/mol. The van der Waals surface area contributed by atoms with Gasteiger partial charge in [0.05, 0.1) is 18.3 Å². The molecule has 0 saturated carbocycles. The SMILES string of the molecule is CCN(C(=O)CNC(=O)[C@@H](N)C(C)C)c1nc(C)cs1.Cl. The van der Waals surface area contributed by atoms with Gasteiger partial charge in [0.15, 0.2) is 5.13 Å². The summed E-state index contributed by atoms with van der Waals surface area (Å²) in [6, 6.07) is -0.597. The van der Waals surface area contributed by atoms with Gasteiger partial charge >= 0.3 is 0 Å². The highest BCUT2D eigenvalue weighted by Crippen LogP contribution is 2.19. The molecule has 0 unspecified atom stereocenters. The molecule has 0 aliphatic rings. The van der Waals surface area contributed by atoms with Crippen molar-refractivity contribution in [3.8, 4) is 0 Å². The van der Waals surface area contributed by atoms with Crippen molar-refractivity contribution < 1.29 is 9.59 Å². The number of aromatic nitrogens is 1. The zero-order valence-corrected chi connectivity index (χ0v) is 14.4. The van der Waals surface area contributed by atoms with Gasteiger partial charge < -0.3 is 11.1 Å². The average molecular weight is 335 g/mol. The summed E-state index contributed by atoms with van der Waals surface area (Å²) in [5.41, 5.74) is 6.60. The molecular formula is C13H23ClN4O2S. The molecule has 120 valence electrons. The van der Waals surface area contributed by atoms with Crippen molar-refractivity contribution in [1.29, 1.82) is 0 Å². The molecule has 21 heavy (non-hydrogen) atoms. The third-order valence-corrected chi connectivity index (χ3v) is 3.87. The van der Waals surface area contributed by atoms with Crippen molar-refractivity contribution in [3.63, 3.8) is 0 Å². The molecule has 1 atom stereocenters. The van der Waals surface area contributed by atoms with E-state index >= 15 is 0 Å². The molecule has 1 aromatic heterocycles. The summed E-state index contributed by atoms with van der Waals surface area (Å²) in [5, 5.41) is 5.11. The standard InChI is InChI=1S/C13H22N4O2S.ClH/c1-5-17(13-16-9(4)7-20-13)10(18)6-15-12(19)11(14)8(2)3;/h7-8,11H,5-6,14H2,1-4H3,(H,15,19);1H/t11-;/m0./s1. The lowest BCUT2D eigenvalue weighted by molar-refractivity contribution is -0.126. The molecule has 2 amide bonds. The number of rotatable bonds is 6. The Labute approximate surface area is 135 Å². The second kappa shape index (κ2) is 8.96. The fourth-order valence-corrected chi connectivity index (χ4v) is 2.45. The van der Waals surface area contributed by atoms with Crippen LogP contribution in [0.3, 0.4) is 0 Å². The second-order valence-corrected chi connectivity index (χ2v) is 5.73. The van der Waals surface area contributed by atoms with Crippen molar-refractivity contribution in [2.75, 3.05) is 18.0 Å². The predicted molar refractivity (Wildman–Crippen MR) is 87.9 cm³/mol. The molecule has 0 saturated heterocycles. The molecule has 0 radical (unpaired) electrons. The molecule has 0 aromatic carbocycles. The first kappa shape index (κ1) is 19.8.